The van der Waals surface area contributed by atoms with Crippen LogP contribution < -0.4 is 16.0 Å². The lowest BCUT2D eigenvalue weighted by Crippen LogP contribution is -2.32. The quantitative estimate of drug-likeness (QED) is 0.600. The summed E-state index contributed by atoms with van der Waals surface area (Å²) in [6.45, 7) is 6.15. The first kappa shape index (κ1) is 18.5. The van der Waals surface area contributed by atoms with Crippen LogP contribution in [0.25, 0.3) is 0 Å². The van der Waals surface area contributed by atoms with Crippen LogP contribution in [0, 0.1) is 12.8 Å². The summed E-state index contributed by atoms with van der Waals surface area (Å²) < 4.78 is 0. The fourth-order valence-corrected chi connectivity index (χ4v) is 3.81. The molecule has 138 valence electrons. The highest BCUT2D eigenvalue weighted by molar-refractivity contribution is 7.98. The number of hydrogen-bond acceptors (Lipinski definition) is 6. The molecule has 1 amide bonds. The molecule has 1 aliphatic heterocycles. The molecule has 1 fully saturated rings. The van der Waals surface area contributed by atoms with Crippen LogP contribution in [0.15, 0.2) is 35.5 Å². The van der Waals surface area contributed by atoms with Gasteiger partial charge in [-0.3, -0.25) is 4.79 Å². The monoisotopic (exact) mass is 371 g/mol. The summed E-state index contributed by atoms with van der Waals surface area (Å²) in [7, 11) is 0. The van der Waals surface area contributed by atoms with E-state index in [1.165, 1.54) is 11.1 Å². The van der Waals surface area contributed by atoms with Gasteiger partial charge in [0.15, 0.2) is 5.16 Å². The number of amides is 1. The van der Waals surface area contributed by atoms with Crippen molar-refractivity contribution in [3.05, 3.63) is 41.5 Å². The first-order valence-electron chi connectivity index (χ1n) is 8.90. The molecule has 1 aliphatic rings. The topological polar surface area (TPSA) is 84.1 Å². The maximum Gasteiger partial charge on any atom is 0.224 e. The van der Waals surface area contributed by atoms with Crippen molar-refractivity contribution in [1.29, 1.82) is 0 Å². The Balaban J connectivity index is 1.66. The van der Waals surface area contributed by atoms with Crippen LogP contribution in [0.5, 0.6) is 0 Å². The van der Waals surface area contributed by atoms with E-state index in [0.29, 0.717) is 24.1 Å². The predicted octanol–water partition coefficient (Wildman–Crippen LogP) is 2.62. The third-order valence-electron chi connectivity index (χ3n) is 4.43. The molecule has 3 rings (SSSR count). The molecule has 2 aromatic rings. The number of carbonyl (C=O) groups excluding carboxylic acids is 1. The summed E-state index contributed by atoms with van der Waals surface area (Å²) >= 11 is 1.57. The van der Waals surface area contributed by atoms with Gasteiger partial charge in [0.1, 0.15) is 11.6 Å². The Kier molecular flexibility index (Phi) is 5.98. The van der Waals surface area contributed by atoms with Crippen LogP contribution in [0.2, 0.25) is 0 Å². The number of nitrogens with two attached hydrogens (primary N) is 1. The van der Waals surface area contributed by atoms with E-state index in [0.717, 1.165) is 24.5 Å². The Hall–Kier alpha value is -2.28. The van der Waals surface area contributed by atoms with E-state index in [1.807, 2.05) is 6.92 Å². The first-order chi connectivity index (χ1) is 12.5. The largest absolute Gasteiger partial charge is 0.383 e. The molecule has 2 heterocycles. The molecule has 0 radical (unpaired) electrons. The fourth-order valence-electron chi connectivity index (χ4n) is 2.99. The Bertz CT molecular complexity index is 765. The van der Waals surface area contributed by atoms with Crippen molar-refractivity contribution in [3.8, 4) is 0 Å². The van der Waals surface area contributed by atoms with Gasteiger partial charge in [-0.1, -0.05) is 41.6 Å². The van der Waals surface area contributed by atoms with Gasteiger partial charge in [0, 0.05) is 31.5 Å². The van der Waals surface area contributed by atoms with E-state index in [4.69, 9.17) is 5.73 Å². The maximum absolute atomic E-state index is 12.0. The molecule has 1 aromatic heterocycles. The van der Waals surface area contributed by atoms with Crippen LogP contribution in [-0.4, -0.2) is 35.5 Å². The van der Waals surface area contributed by atoms with Gasteiger partial charge in [0.05, 0.1) is 5.92 Å². The number of anilines is 2. The molecule has 0 aliphatic carbocycles. The zero-order chi connectivity index (χ0) is 18.5. The number of nitrogen functional groups attached to an aromatic ring is 1. The minimum Gasteiger partial charge on any atom is -0.383 e. The van der Waals surface area contributed by atoms with Crippen LogP contribution in [0.1, 0.15) is 24.5 Å². The molecule has 0 spiro atoms. The molecule has 26 heavy (non-hydrogen) atoms. The fraction of sp³-hybridized carbons (Fsp3) is 0.421. The van der Waals surface area contributed by atoms with Gasteiger partial charge in [-0.2, -0.15) is 0 Å². The minimum absolute atomic E-state index is 0.00908. The molecule has 1 unspecified atom stereocenters. The smallest absolute Gasteiger partial charge is 0.224 e. The van der Waals surface area contributed by atoms with Crippen LogP contribution in [0.4, 0.5) is 11.6 Å². The zero-order valence-electron chi connectivity index (χ0n) is 15.2. The number of nitrogens with zero attached hydrogens (tertiary/aromatic N) is 3. The normalized spacial score (nSPS) is 16.7. The van der Waals surface area contributed by atoms with Crippen molar-refractivity contribution in [2.24, 2.45) is 5.92 Å². The second kappa shape index (κ2) is 8.40. The lowest BCUT2D eigenvalue weighted by atomic mass is 10.1. The number of aryl methyl sites for hydroxylation is 1. The summed E-state index contributed by atoms with van der Waals surface area (Å²) in [5, 5.41) is 3.57. The second-order valence-corrected chi connectivity index (χ2v) is 7.48. The van der Waals surface area contributed by atoms with E-state index in [9.17, 15) is 4.79 Å². The Morgan fingerprint density at radius 1 is 1.35 bits per heavy atom. The van der Waals surface area contributed by atoms with Crippen molar-refractivity contribution < 1.29 is 4.79 Å². The van der Waals surface area contributed by atoms with E-state index < -0.39 is 0 Å². The third-order valence-corrected chi connectivity index (χ3v) is 5.35. The third kappa shape index (κ3) is 4.66. The molecule has 6 nitrogen and oxygen atoms in total. The molecule has 1 saturated heterocycles. The van der Waals surface area contributed by atoms with Gasteiger partial charge >= 0.3 is 0 Å². The highest BCUT2D eigenvalue weighted by Crippen LogP contribution is 2.27. The number of aromatic nitrogens is 2. The van der Waals surface area contributed by atoms with E-state index in [1.54, 1.807) is 17.8 Å². The summed E-state index contributed by atoms with van der Waals surface area (Å²) in [6.07, 6.45) is 0.835. The number of hydrogen-bond donors (Lipinski definition) is 2. The second-order valence-electron chi connectivity index (χ2n) is 6.53. The van der Waals surface area contributed by atoms with Crippen molar-refractivity contribution in [1.82, 2.24) is 15.3 Å². The number of nitrogens with one attached hydrogen (secondary N) is 1. The Labute approximate surface area is 158 Å². The summed E-state index contributed by atoms with van der Waals surface area (Å²) in [6, 6.07) is 10.2. The molecule has 0 saturated carbocycles. The molecule has 1 aromatic carbocycles. The summed E-state index contributed by atoms with van der Waals surface area (Å²) in [4.78, 5) is 23.2. The number of benzene rings is 1. The van der Waals surface area contributed by atoms with Crippen molar-refractivity contribution in [2.45, 2.75) is 31.2 Å². The van der Waals surface area contributed by atoms with Crippen molar-refractivity contribution in [3.63, 3.8) is 0 Å². The molecular formula is C19H25N5OS. The standard InChI is InChI=1S/C19H25N5OS/c1-3-21-18(25)15-8-9-24(11-15)17-10-16(20)22-19(23-17)26-12-14-6-4-13(2)5-7-14/h4-7,10,15H,3,8-9,11-12H2,1-2H3,(H,21,25)(H2,20,22,23). The summed E-state index contributed by atoms with van der Waals surface area (Å²) in [5.41, 5.74) is 8.46. The highest BCUT2D eigenvalue weighted by Gasteiger charge is 2.29. The Morgan fingerprint density at radius 3 is 2.85 bits per heavy atom. The average molecular weight is 372 g/mol. The van der Waals surface area contributed by atoms with Gasteiger partial charge in [-0.15, -0.1) is 0 Å². The van der Waals surface area contributed by atoms with Gasteiger partial charge in [0.25, 0.3) is 0 Å². The SMILES string of the molecule is CCNC(=O)C1CCN(c2cc(N)nc(SCc3ccc(C)cc3)n2)C1. The molecule has 7 heteroatoms. The molecule has 3 N–H and O–H groups in total. The molecule has 1 atom stereocenters. The van der Waals surface area contributed by atoms with Gasteiger partial charge < -0.3 is 16.0 Å². The maximum atomic E-state index is 12.0. The van der Waals surface area contributed by atoms with Crippen molar-refractivity contribution in [2.75, 3.05) is 30.3 Å². The Morgan fingerprint density at radius 2 is 2.12 bits per heavy atom. The average Bonchev–Trinajstić information content (AvgIpc) is 3.11. The predicted molar refractivity (Wildman–Crippen MR) is 106 cm³/mol. The van der Waals surface area contributed by atoms with Crippen LogP contribution >= 0.6 is 11.8 Å². The molecular weight excluding hydrogens is 346 g/mol. The minimum atomic E-state index is 0.00908. The van der Waals surface area contributed by atoms with Gasteiger partial charge in [-0.25, -0.2) is 9.97 Å². The van der Waals surface area contributed by atoms with Gasteiger partial charge in [0.2, 0.25) is 5.91 Å². The number of rotatable bonds is 6. The van der Waals surface area contributed by atoms with E-state index in [2.05, 4.69) is 51.4 Å². The number of carbonyl (C=O) groups is 1. The molecule has 0 bridgehead atoms. The van der Waals surface area contributed by atoms with Gasteiger partial charge in [-0.05, 0) is 25.8 Å². The lowest BCUT2D eigenvalue weighted by molar-refractivity contribution is -0.124. The van der Waals surface area contributed by atoms with Crippen LogP contribution in [-0.2, 0) is 10.5 Å². The van der Waals surface area contributed by atoms with Crippen molar-refractivity contribution >= 4 is 29.3 Å². The van der Waals surface area contributed by atoms with E-state index in [-0.39, 0.29) is 11.8 Å². The summed E-state index contributed by atoms with van der Waals surface area (Å²) in [5.74, 6) is 2.18. The van der Waals surface area contributed by atoms with Crippen LogP contribution in [0.3, 0.4) is 0 Å². The zero-order valence-corrected chi connectivity index (χ0v) is 16.1. The van der Waals surface area contributed by atoms with E-state index >= 15 is 0 Å². The highest BCUT2D eigenvalue weighted by atomic mass is 32.2. The number of thioether (sulfide) groups is 1. The lowest BCUT2D eigenvalue weighted by Gasteiger charge is -2.18. The first-order valence-corrected chi connectivity index (χ1v) is 9.89.